The highest BCUT2D eigenvalue weighted by molar-refractivity contribution is 6.35. The van der Waals surface area contributed by atoms with Crippen LogP contribution in [-0.2, 0) is 19.1 Å². The van der Waals surface area contributed by atoms with E-state index in [2.05, 4.69) is 0 Å². The maximum absolute atomic E-state index is 12.7. The molecule has 6 nitrogen and oxygen atoms in total. The van der Waals surface area contributed by atoms with Gasteiger partial charge in [-0.1, -0.05) is 36.4 Å². The molecule has 0 fully saturated rings. The molecule has 0 radical (unpaired) electrons. The van der Waals surface area contributed by atoms with Crippen LogP contribution in [-0.4, -0.2) is 25.2 Å². The minimum atomic E-state index is -0.920. The fourth-order valence-corrected chi connectivity index (χ4v) is 2.78. The summed E-state index contributed by atoms with van der Waals surface area (Å²) >= 11 is 12.6. The van der Waals surface area contributed by atoms with Gasteiger partial charge in [-0.3, -0.25) is 0 Å². The predicted molar refractivity (Wildman–Crippen MR) is 113 cm³/mol. The normalized spacial score (nSPS) is 12.3. The van der Waals surface area contributed by atoms with Crippen molar-refractivity contribution in [2.45, 2.75) is 13.8 Å². The van der Waals surface area contributed by atoms with Crippen LogP contribution in [0.1, 0.15) is 13.8 Å². The summed E-state index contributed by atoms with van der Waals surface area (Å²) in [5.74, 6) is -1.16. The molecule has 0 aromatic heterocycles. The van der Waals surface area contributed by atoms with Gasteiger partial charge in [0.05, 0.1) is 13.2 Å². The fourth-order valence-electron chi connectivity index (χ4n) is 2.25. The molecule has 0 saturated heterocycles. The molecule has 0 aliphatic heterocycles. The van der Waals surface area contributed by atoms with Crippen LogP contribution in [0.15, 0.2) is 82.2 Å². The van der Waals surface area contributed by atoms with Crippen LogP contribution in [0.5, 0.6) is 11.5 Å². The Morgan fingerprint density at radius 2 is 1.00 bits per heavy atom. The summed E-state index contributed by atoms with van der Waals surface area (Å²) < 4.78 is 21.2. The average molecular weight is 451 g/mol. The van der Waals surface area contributed by atoms with Gasteiger partial charge in [0.15, 0.2) is 0 Å². The molecule has 0 N–H and O–H groups in total. The summed E-state index contributed by atoms with van der Waals surface area (Å²) in [6.07, 6.45) is 0. The molecule has 0 atom stereocenters. The van der Waals surface area contributed by atoms with Crippen molar-refractivity contribution in [3.8, 4) is 11.5 Å². The van der Waals surface area contributed by atoms with Gasteiger partial charge < -0.3 is 18.9 Å². The molecule has 0 unspecified atom stereocenters. The lowest BCUT2D eigenvalue weighted by Crippen LogP contribution is -2.21. The van der Waals surface area contributed by atoms with Crippen molar-refractivity contribution < 1.29 is 28.5 Å². The van der Waals surface area contributed by atoms with Crippen LogP contribution >= 0.6 is 23.2 Å². The molecule has 0 saturated carbocycles. The third-order valence-corrected chi connectivity index (χ3v) is 4.04. The van der Waals surface area contributed by atoms with E-state index >= 15 is 0 Å². The lowest BCUT2D eigenvalue weighted by molar-refractivity contribution is -0.142. The van der Waals surface area contributed by atoms with Crippen LogP contribution in [0.4, 0.5) is 0 Å². The van der Waals surface area contributed by atoms with Crippen LogP contribution in [0, 0.1) is 0 Å². The summed E-state index contributed by atoms with van der Waals surface area (Å²) in [5, 5.41) is -0.838. The Hall–Kier alpha value is -2.96. The van der Waals surface area contributed by atoms with E-state index in [-0.39, 0.29) is 13.2 Å². The second-order valence-corrected chi connectivity index (χ2v) is 6.26. The van der Waals surface area contributed by atoms with Gasteiger partial charge in [0.25, 0.3) is 0 Å². The second kappa shape index (κ2) is 11.9. The third kappa shape index (κ3) is 6.54. The maximum Gasteiger partial charge on any atom is 0.343 e. The van der Waals surface area contributed by atoms with Crippen LogP contribution in [0.3, 0.4) is 0 Å². The van der Waals surface area contributed by atoms with Gasteiger partial charge in [0, 0.05) is 0 Å². The highest BCUT2D eigenvalue weighted by atomic mass is 35.5. The van der Waals surface area contributed by atoms with E-state index < -0.39 is 33.5 Å². The van der Waals surface area contributed by atoms with Gasteiger partial charge in [-0.15, -0.1) is 0 Å². The van der Waals surface area contributed by atoms with E-state index in [9.17, 15) is 9.59 Å². The Bertz CT molecular complexity index is 846. The minimum absolute atomic E-state index is 0.0328. The Balaban J connectivity index is 2.59. The molecular weight excluding hydrogens is 431 g/mol. The van der Waals surface area contributed by atoms with Crippen molar-refractivity contribution in [3.05, 3.63) is 82.2 Å². The first-order valence-corrected chi connectivity index (χ1v) is 9.83. The largest absolute Gasteiger partial charge is 0.462 e. The Morgan fingerprint density at radius 1 is 0.667 bits per heavy atom. The molecule has 0 aliphatic carbocycles. The number of carbonyl (C=O) groups excluding carboxylic acids is 2. The van der Waals surface area contributed by atoms with E-state index in [1.807, 2.05) is 0 Å². The average Bonchev–Trinajstić information content (AvgIpc) is 2.73. The molecular formula is C22H20Cl2O6. The molecule has 2 aromatic carbocycles. The number of para-hydroxylation sites is 2. The molecule has 0 amide bonds. The van der Waals surface area contributed by atoms with Crippen molar-refractivity contribution in [2.24, 2.45) is 0 Å². The van der Waals surface area contributed by atoms with Gasteiger partial charge in [0.2, 0.25) is 10.4 Å². The van der Waals surface area contributed by atoms with E-state index in [1.54, 1.807) is 74.5 Å². The van der Waals surface area contributed by atoms with Gasteiger partial charge in [-0.05, 0) is 61.3 Å². The zero-order valence-electron chi connectivity index (χ0n) is 16.4. The highest BCUT2D eigenvalue weighted by Crippen LogP contribution is 2.29. The quantitative estimate of drug-likeness (QED) is 0.227. The Labute approximate surface area is 184 Å². The predicted octanol–water partition coefficient (Wildman–Crippen LogP) is 5.17. The second-order valence-electron chi connectivity index (χ2n) is 5.57. The number of ether oxygens (including phenoxy) is 4. The lowest BCUT2D eigenvalue weighted by atomic mass is 10.1. The number of hydrogen-bond donors (Lipinski definition) is 0. The molecule has 30 heavy (non-hydrogen) atoms. The molecule has 0 heterocycles. The van der Waals surface area contributed by atoms with Crippen molar-refractivity contribution in [3.63, 3.8) is 0 Å². The van der Waals surface area contributed by atoms with Crippen molar-refractivity contribution in [1.82, 2.24) is 0 Å². The van der Waals surface area contributed by atoms with Crippen LogP contribution in [0.25, 0.3) is 0 Å². The Morgan fingerprint density at radius 3 is 1.30 bits per heavy atom. The maximum atomic E-state index is 12.7. The minimum Gasteiger partial charge on any atom is -0.462 e. The first-order valence-electron chi connectivity index (χ1n) is 9.07. The summed E-state index contributed by atoms with van der Waals surface area (Å²) in [6.45, 7) is 3.28. The topological polar surface area (TPSA) is 71.1 Å². The van der Waals surface area contributed by atoms with Gasteiger partial charge in [-0.25, -0.2) is 9.59 Å². The van der Waals surface area contributed by atoms with E-state index in [0.717, 1.165) is 0 Å². The van der Waals surface area contributed by atoms with Crippen molar-refractivity contribution >= 4 is 35.1 Å². The van der Waals surface area contributed by atoms with E-state index in [1.165, 1.54) is 0 Å². The summed E-state index contributed by atoms with van der Waals surface area (Å²) in [6, 6.07) is 16.9. The highest BCUT2D eigenvalue weighted by Gasteiger charge is 2.32. The molecule has 0 bridgehead atoms. The molecule has 0 spiro atoms. The summed E-state index contributed by atoms with van der Waals surface area (Å²) in [5.41, 5.74) is -0.830. The standard InChI is InChI=1S/C22H20Cl2O6/c1-3-27-21(25)17(19(23)29-15-11-7-5-8-12-15)18(22(26)28-4-2)20(24)30-16-13-9-6-10-14-16/h5-14H,3-4H2,1-2H3/b19-17+,20-18+. The van der Waals surface area contributed by atoms with Crippen molar-refractivity contribution in [1.29, 1.82) is 0 Å². The first kappa shape index (κ1) is 23.3. The first-order chi connectivity index (χ1) is 14.5. The number of esters is 2. The fraction of sp³-hybridized carbons (Fsp3) is 0.182. The number of hydrogen-bond acceptors (Lipinski definition) is 6. The van der Waals surface area contributed by atoms with Gasteiger partial charge in [-0.2, -0.15) is 0 Å². The monoisotopic (exact) mass is 450 g/mol. The summed E-state index contributed by atoms with van der Waals surface area (Å²) in [4.78, 5) is 25.4. The number of halogens is 2. The molecule has 158 valence electrons. The molecule has 8 heteroatoms. The Kier molecular flexibility index (Phi) is 9.25. The number of rotatable bonds is 9. The number of benzene rings is 2. The zero-order valence-corrected chi connectivity index (χ0v) is 17.9. The summed E-state index contributed by atoms with van der Waals surface area (Å²) in [7, 11) is 0. The number of carbonyl (C=O) groups is 2. The van der Waals surface area contributed by atoms with Gasteiger partial charge in [0.1, 0.15) is 22.6 Å². The van der Waals surface area contributed by atoms with Gasteiger partial charge >= 0.3 is 11.9 Å². The smallest absolute Gasteiger partial charge is 0.343 e. The molecule has 2 aromatic rings. The van der Waals surface area contributed by atoms with Crippen LogP contribution in [0.2, 0.25) is 0 Å². The van der Waals surface area contributed by atoms with Crippen LogP contribution < -0.4 is 9.47 Å². The van der Waals surface area contributed by atoms with Crippen molar-refractivity contribution in [2.75, 3.05) is 13.2 Å². The third-order valence-electron chi connectivity index (χ3n) is 3.50. The van der Waals surface area contributed by atoms with E-state index in [0.29, 0.717) is 11.5 Å². The van der Waals surface area contributed by atoms with E-state index in [4.69, 9.17) is 42.1 Å². The molecule has 2 rings (SSSR count). The molecule has 0 aliphatic rings. The SMILES string of the molecule is CCOC(=O)C(=C(\Cl)Oc1ccccc1)/C(C(=O)OCC)=C(/Cl)Oc1ccccc1. The zero-order chi connectivity index (χ0) is 21.9. The lowest BCUT2D eigenvalue weighted by Gasteiger charge is -2.15.